The van der Waals surface area contributed by atoms with Crippen LogP contribution in [0, 0.1) is 0 Å². The predicted molar refractivity (Wildman–Crippen MR) is 49.7 cm³/mol. The molecule has 0 aromatic rings. The first-order valence-corrected chi connectivity index (χ1v) is 3.35. The van der Waals surface area contributed by atoms with Crippen LogP contribution in [0.4, 0.5) is 0 Å². The summed E-state index contributed by atoms with van der Waals surface area (Å²) in [4.78, 5) is 8.89. The van der Waals surface area contributed by atoms with E-state index >= 15 is 0 Å². The van der Waals surface area contributed by atoms with Crippen LogP contribution >= 0.6 is 0 Å². The average Bonchev–Trinajstić information content (AvgIpc) is 2.03. The van der Waals surface area contributed by atoms with Crippen molar-refractivity contribution in [1.82, 2.24) is 10.5 Å². The molecule has 1 N–H and O–H groups in total. The van der Waals surface area contributed by atoms with Crippen LogP contribution in [-0.2, 0) is 4.84 Å². The maximum Gasteiger partial charge on any atom is 0.141 e. The number of nitrogens with zero attached hydrogens (tertiary/aromatic N) is 3. The van der Waals surface area contributed by atoms with Gasteiger partial charge >= 0.3 is 0 Å². The van der Waals surface area contributed by atoms with Crippen molar-refractivity contribution in [3.05, 3.63) is 12.4 Å². The van der Waals surface area contributed by atoms with Crippen LogP contribution in [0.1, 0.15) is 6.92 Å². The lowest BCUT2D eigenvalue weighted by Crippen LogP contribution is -2.23. The lowest BCUT2D eigenvalue weighted by molar-refractivity contribution is -0.0423. The van der Waals surface area contributed by atoms with E-state index in [-0.39, 0.29) is 0 Å². The van der Waals surface area contributed by atoms with Crippen molar-refractivity contribution in [2.24, 2.45) is 10.1 Å². The fourth-order valence-electron chi connectivity index (χ4n) is 0.514. The van der Waals surface area contributed by atoms with Crippen molar-refractivity contribution < 1.29 is 4.84 Å². The molecule has 0 aromatic heterocycles. The molecular weight excluding hydrogens is 156 g/mol. The van der Waals surface area contributed by atoms with Crippen LogP contribution in [0.15, 0.2) is 22.5 Å². The Morgan fingerprint density at radius 3 is 2.58 bits per heavy atom. The molecule has 0 fully saturated rings. The molecule has 0 unspecified atom stereocenters. The van der Waals surface area contributed by atoms with Gasteiger partial charge in [-0.15, -0.1) is 0 Å². The van der Waals surface area contributed by atoms with E-state index in [1.54, 1.807) is 21.1 Å². The Bertz CT molecular complexity index is 200. The van der Waals surface area contributed by atoms with Gasteiger partial charge in [0.05, 0.1) is 7.11 Å². The molecule has 0 aromatic carbocycles. The monoisotopic (exact) mass is 170 g/mol. The molecule has 0 radical (unpaired) electrons. The lowest BCUT2D eigenvalue weighted by atomic mass is 10.6. The molecule has 0 rings (SSSR count). The molecule has 5 nitrogen and oxygen atoms in total. The lowest BCUT2D eigenvalue weighted by Gasteiger charge is -2.14. The summed E-state index contributed by atoms with van der Waals surface area (Å²) in [6.45, 7) is 8.61. The van der Waals surface area contributed by atoms with E-state index in [9.17, 15) is 0 Å². The number of hydrazone groups is 1. The van der Waals surface area contributed by atoms with Gasteiger partial charge in [0.2, 0.25) is 0 Å². The molecule has 68 valence electrons. The molecule has 0 aliphatic heterocycles. The minimum atomic E-state index is 0.423. The van der Waals surface area contributed by atoms with Crippen LogP contribution in [-0.4, -0.2) is 31.8 Å². The van der Waals surface area contributed by atoms with Gasteiger partial charge in [0.1, 0.15) is 11.7 Å². The highest BCUT2D eigenvalue weighted by Crippen LogP contribution is 1.92. The third-order valence-corrected chi connectivity index (χ3v) is 1.23. The van der Waals surface area contributed by atoms with Gasteiger partial charge in [-0.25, -0.2) is 10.1 Å². The van der Waals surface area contributed by atoms with Crippen LogP contribution in [0.2, 0.25) is 0 Å². The zero-order chi connectivity index (χ0) is 9.56. The second-order valence-electron chi connectivity index (χ2n) is 2.06. The number of rotatable bonds is 4. The van der Waals surface area contributed by atoms with Crippen LogP contribution in [0.5, 0.6) is 0 Å². The van der Waals surface area contributed by atoms with Gasteiger partial charge in [-0.05, 0) is 6.92 Å². The van der Waals surface area contributed by atoms with Gasteiger partial charge in [-0.3, -0.25) is 10.3 Å². The molecule has 0 saturated carbocycles. The zero-order valence-electron chi connectivity index (χ0n) is 7.66. The summed E-state index contributed by atoms with van der Waals surface area (Å²) in [5.41, 5.74) is 2.51. The summed E-state index contributed by atoms with van der Waals surface area (Å²) >= 11 is 0. The highest BCUT2D eigenvalue weighted by atomic mass is 16.7. The molecule has 0 amide bonds. The largest absolute Gasteiger partial charge is 0.276 e. The quantitative estimate of drug-likeness (QED) is 0.381. The van der Waals surface area contributed by atoms with Crippen molar-refractivity contribution in [2.75, 3.05) is 14.2 Å². The Labute approximate surface area is 72.4 Å². The summed E-state index contributed by atoms with van der Waals surface area (Å²) in [5.74, 6) is 1.10. The topological polar surface area (TPSA) is 49.2 Å². The molecular formula is C7H14N4O. The molecule has 0 bridgehead atoms. The second-order valence-corrected chi connectivity index (χ2v) is 2.06. The van der Waals surface area contributed by atoms with E-state index in [0.29, 0.717) is 11.7 Å². The Balaban J connectivity index is 4.14. The SMILES string of the molecule is C=NNC(=C)N=C(C)N(C)OC. The first-order valence-electron chi connectivity index (χ1n) is 3.35. The number of hydrogen-bond acceptors (Lipinski definition) is 4. The van der Waals surface area contributed by atoms with Crippen molar-refractivity contribution in [2.45, 2.75) is 6.92 Å². The second kappa shape index (κ2) is 5.31. The van der Waals surface area contributed by atoms with E-state index in [4.69, 9.17) is 4.84 Å². The summed E-state index contributed by atoms with van der Waals surface area (Å²) in [6.07, 6.45) is 0. The van der Waals surface area contributed by atoms with Gasteiger partial charge in [-0.2, -0.15) is 5.10 Å². The van der Waals surface area contributed by atoms with Gasteiger partial charge in [-0.1, -0.05) is 6.58 Å². The third kappa shape index (κ3) is 3.72. The fraction of sp³-hybridized carbons (Fsp3) is 0.429. The van der Waals surface area contributed by atoms with Gasteiger partial charge in [0, 0.05) is 13.8 Å². The minimum Gasteiger partial charge on any atom is -0.276 e. The Morgan fingerprint density at radius 2 is 2.17 bits per heavy atom. The summed E-state index contributed by atoms with van der Waals surface area (Å²) in [7, 11) is 3.30. The van der Waals surface area contributed by atoms with E-state index in [0.717, 1.165) is 0 Å². The Hall–Kier alpha value is -1.36. The fourth-order valence-corrected chi connectivity index (χ4v) is 0.514. The normalized spacial score (nSPS) is 10.8. The maximum atomic E-state index is 4.88. The first kappa shape index (κ1) is 10.6. The molecule has 0 aliphatic rings. The van der Waals surface area contributed by atoms with Crippen LogP contribution in [0.3, 0.4) is 0 Å². The zero-order valence-corrected chi connectivity index (χ0v) is 7.66. The van der Waals surface area contributed by atoms with E-state index in [1.807, 2.05) is 0 Å². The molecule has 5 heteroatoms. The summed E-state index contributed by atoms with van der Waals surface area (Å²) < 4.78 is 0. The van der Waals surface area contributed by atoms with Gasteiger partial charge in [0.15, 0.2) is 0 Å². The standard InChI is InChI=1S/C7H14N4O/c1-6(10-8-3)9-7(2)11(4)12-5/h10H,1,3H2,2,4-5H3. The number of nitrogens with one attached hydrogen (secondary N) is 1. The number of hydroxylamine groups is 2. The van der Waals surface area contributed by atoms with E-state index < -0.39 is 0 Å². The number of amidine groups is 1. The summed E-state index contributed by atoms with van der Waals surface area (Å²) in [5, 5.41) is 4.92. The van der Waals surface area contributed by atoms with Crippen molar-refractivity contribution in [3.8, 4) is 0 Å². The molecule has 0 saturated heterocycles. The molecule has 0 spiro atoms. The van der Waals surface area contributed by atoms with Crippen molar-refractivity contribution in [3.63, 3.8) is 0 Å². The molecule has 0 aliphatic carbocycles. The smallest absolute Gasteiger partial charge is 0.141 e. The molecule has 0 atom stereocenters. The molecule has 0 heterocycles. The highest BCUT2D eigenvalue weighted by Gasteiger charge is 1.97. The van der Waals surface area contributed by atoms with Crippen LogP contribution in [0.25, 0.3) is 0 Å². The third-order valence-electron chi connectivity index (χ3n) is 1.23. The maximum absolute atomic E-state index is 4.88. The van der Waals surface area contributed by atoms with Crippen molar-refractivity contribution in [1.29, 1.82) is 0 Å². The number of aliphatic imine (C=N–C) groups is 1. The highest BCUT2D eigenvalue weighted by molar-refractivity contribution is 5.79. The predicted octanol–water partition coefficient (Wildman–Crippen LogP) is 0.574. The van der Waals surface area contributed by atoms with Crippen LogP contribution < -0.4 is 5.43 Å². The van der Waals surface area contributed by atoms with Gasteiger partial charge < -0.3 is 0 Å². The van der Waals surface area contributed by atoms with Crippen molar-refractivity contribution >= 4 is 12.6 Å². The number of hydrogen-bond donors (Lipinski definition) is 1. The average molecular weight is 170 g/mol. The first-order chi connectivity index (χ1) is 5.61. The molecule has 12 heavy (non-hydrogen) atoms. The van der Waals surface area contributed by atoms with E-state index in [2.05, 4.69) is 28.8 Å². The van der Waals surface area contributed by atoms with E-state index in [1.165, 1.54) is 5.06 Å². The Kier molecular flexibility index (Phi) is 4.71. The Morgan fingerprint density at radius 1 is 1.58 bits per heavy atom. The minimum absolute atomic E-state index is 0.423. The van der Waals surface area contributed by atoms with Gasteiger partial charge in [0.25, 0.3) is 0 Å². The summed E-state index contributed by atoms with van der Waals surface area (Å²) in [6, 6.07) is 0.